The Morgan fingerprint density at radius 3 is 2.32 bits per heavy atom. The molecule has 9 heteroatoms. The van der Waals surface area contributed by atoms with Gasteiger partial charge in [0.25, 0.3) is 5.91 Å². The predicted molar refractivity (Wildman–Crippen MR) is 89.6 cm³/mol. The number of furan rings is 1. The van der Waals surface area contributed by atoms with E-state index < -0.39 is 15.9 Å². The number of sulfonamides is 1. The van der Waals surface area contributed by atoms with Gasteiger partial charge in [0.1, 0.15) is 5.76 Å². The molecular formula is C16H19N3O5S. The van der Waals surface area contributed by atoms with Crippen molar-refractivity contribution < 1.29 is 22.4 Å². The van der Waals surface area contributed by atoms with E-state index >= 15 is 0 Å². The highest BCUT2D eigenvalue weighted by Crippen LogP contribution is 2.11. The molecule has 0 aliphatic heterocycles. The van der Waals surface area contributed by atoms with Crippen LogP contribution in [0.3, 0.4) is 0 Å². The lowest BCUT2D eigenvalue weighted by Crippen LogP contribution is -2.43. The van der Waals surface area contributed by atoms with E-state index in [-0.39, 0.29) is 28.8 Å². The number of hydrazine groups is 1. The minimum atomic E-state index is -3.73. The van der Waals surface area contributed by atoms with Crippen molar-refractivity contribution >= 4 is 21.8 Å². The van der Waals surface area contributed by atoms with Gasteiger partial charge < -0.3 is 4.42 Å². The molecule has 2 amide bonds. The molecule has 0 atom stereocenters. The monoisotopic (exact) mass is 365 g/mol. The summed E-state index contributed by atoms with van der Waals surface area (Å²) in [5, 5.41) is 0. The van der Waals surface area contributed by atoms with E-state index in [9.17, 15) is 18.0 Å². The second kappa shape index (κ2) is 7.95. The number of carbonyl (C=O) groups excluding carboxylic acids is 2. The predicted octanol–water partition coefficient (Wildman–Crippen LogP) is 1.18. The number of amides is 2. The second-order valence-electron chi connectivity index (χ2n) is 5.53. The maximum absolute atomic E-state index is 12.2. The second-order valence-corrected chi connectivity index (χ2v) is 7.29. The quantitative estimate of drug-likeness (QED) is 0.664. The van der Waals surface area contributed by atoms with Crippen molar-refractivity contribution in [3.05, 3.63) is 54.0 Å². The van der Waals surface area contributed by atoms with Crippen LogP contribution in [-0.2, 0) is 21.4 Å². The first kappa shape index (κ1) is 18.7. The zero-order valence-electron chi connectivity index (χ0n) is 13.8. The molecule has 1 aromatic heterocycles. The van der Waals surface area contributed by atoms with Crippen LogP contribution in [0.15, 0.2) is 52.0 Å². The fourth-order valence-electron chi connectivity index (χ4n) is 1.78. The maximum Gasteiger partial charge on any atom is 0.269 e. The van der Waals surface area contributed by atoms with Crippen LogP contribution in [0.1, 0.15) is 30.0 Å². The lowest BCUT2D eigenvalue weighted by atomic mass is 10.2. The third-order valence-electron chi connectivity index (χ3n) is 3.27. The van der Waals surface area contributed by atoms with Crippen LogP contribution in [0.25, 0.3) is 0 Å². The van der Waals surface area contributed by atoms with Crippen LogP contribution in [0.4, 0.5) is 0 Å². The zero-order valence-corrected chi connectivity index (χ0v) is 14.6. The summed E-state index contributed by atoms with van der Waals surface area (Å²) in [5.74, 6) is -0.648. The molecule has 0 radical (unpaired) electrons. The van der Waals surface area contributed by atoms with Crippen molar-refractivity contribution in [2.24, 2.45) is 5.92 Å². The molecule has 0 bridgehead atoms. The van der Waals surface area contributed by atoms with Crippen molar-refractivity contribution in [2.75, 3.05) is 0 Å². The molecule has 8 nitrogen and oxygen atoms in total. The molecule has 0 spiro atoms. The van der Waals surface area contributed by atoms with Gasteiger partial charge in [-0.2, -0.15) is 0 Å². The lowest BCUT2D eigenvalue weighted by molar-refractivity contribution is -0.124. The van der Waals surface area contributed by atoms with Crippen molar-refractivity contribution in [3.8, 4) is 0 Å². The number of hydrogen-bond acceptors (Lipinski definition) is 5. The highest BCUT2D eigenvalue weighted by Gasteiger charge is 2.16. The van der Waals surface area contributed by atoms with Crippen molar-refractivity contribution in [2.45, 2.75) is 25.3 Å². The smallest absolute Gasteiger partial charge is 0.269 e. The van der Waals surface area contributed by atoms with Crippen molar-refractivity contribution in [1.29, 1.82) is 0 Å². The molecule has 2 aromatic rings. The fraction of sp³-hybridized carbons (Fsp3) is 0.250. The molecule has 0 aliphatic rings. The Morgan fingerprint density at radius 2 is 1.76 bits per heavy atom. The first-order valence-electron chi connectivity index (χ1n) is 7.52. The van der Waals surface area contributed by atoms with E-state index in [2.05, 4.69) is 15.6 Å². The minimum absolute atomic E-state index is 0.0156. The Morgan fingerprint density at radius 1 is 1.08 bits per heavy atom. The first-order valence-corrected chi connectivity index (χ1v) is 9.00. The summed E-state index contributed by atoms with van der Waals surface area (Å²) in [6.07, 6.45) is 1.45. The van der Waals surface area contributed by atoms with Crippen molar-refractivity contribution in [3.63, 3.8) is 0 Å². The molecular weight excluding hydrogens is 346 g/mol. The molecule has 0 saturated carbocycles. The van der Waals surface area contributed by atoms with E-state index in [1.807, 2.05) is 0 Å². The van der Waals surface area contributed by atoms with Crippen LogP contribution in [0.2, 0.25) is 0 Å². The minimum Gasteiger partial charge on any atom is -0.468 e. The molecule has 0 aliphatic carbocycles. The average molecular weight is 365 g/mol. The van der Waals surface area contributed by atoms with Crippen LogP contribution < -0.4 is 15.6 Å². The van der Waals surface area contributed by atoms with E-state index in [0.29, 0.717) is 5.76 Å². The molecule has 0 fully saturated rings. The number of rotatable bonds is 6. The Labute approximate surface area is 145 Å². The molecule has 1 aromatic carbocycles. The first-order chi connectivity index (χ1) is 11.8. The summed E-state index contributed by atoms with van der Waals surface area (Å²) >= 11 is 0. The summed E-state index contributed by atoms with van der Waals surface area (Å²) < 4.78 is 31.8. The van der Waals surface area contributed by atoms with Crippen LogP contribution in [0.5, 0.6) is 0 Å². The number of nitrogens with one attached hydrogen (secondary N) is 3. The summed E-state index contributed by atoms with van der Waals surface area (Å²) in [5.41, 5.74) is 4.76. The normalized spacial score (nSPS) is 11.3. The molecule has 2 rings (SSSR count). The van der Waals surface area contributed by atoms with Gasteiger partial charge in [-0.1, -0.05) is 13.8 Å². The van der Waals surface area contributed by atoms with Crippen molar-refractivity contribution in [1.82, 2.24) is 15.6 Å². The molecule has 0 saturated heterocycles. The van der Waals surface area contributed by atoms with E-state index in [0.717, 1.165) is 0 Å². The van der Waals surface area contributed by atoms with E-state index in [1.165, 1.54) is 30.5 Å². The molecule has 1 heterocycles. The van der Waals surface area contributed by atoms with Gasteiger partial charge in [-0.05, 0) is 36.4 Å². The average Bonchev–Trinajstić information content (AvgIpc) is 3.11. The summed E-state index contributed by atoms with van der Waals surface area (Å²) in [6.45, 7) is 3.41. The summed E-state index contributed by atoms with van der Waals surface area (Å²) in [4.78, 5) is 23.3. The topological polar surface area (TPSA) is 118 Å². The van der Waals surface area contributed by atoms with Crippen LogP contribution in [0, 0.1) is 5.92 Å². The van der Waals surface area contributed by atoms with Gasteiger partial charge in [0.15, 0.2) is 0 Å². The van der Waals surface area contributed by atoms with Gasteiger partial charge in [0.05, 0.1) is 17.7 Å². The molecule has 134 valence electrons. The van der Waals surface area contributed by atoms with Crippen LogP contribution in [-0.4, -0.2) is 20.2 Å². The van der Waals surface area contributed by atoms with Gasteiger partial charge in [0, 0.05) is 11.5 Å². The maximum atomic E-state index is 12.2. The Kier molecular flexibility index (Phi) is 5.94. The fourth-order valence-corrected chi connectivity index (χ4v) is 2.78. The van der Waals surface area contributed by atoms with Gasteiger partial charge in [0.2, 0.25) is 15.9 Å². The lowest BCUT2D eigenvalue weighted by Gasteiger charge is -2.10. The standard InChI is InChI=1S/C16H19N3O5S/c1-11(2)15(20)18-19-16(21)12-5-7-14(8-6-12)25(22,23)17-10-13-4-3-9-24-13/h3-9,11,17H,10H2,1-2H3,(H,18,20)(H,19,21). The summed E-state index contributed by atoms with van der Waals surface area (Å²) in [7, 11) is -3.73. The number of benzene rings is 1. The van der Waals surface area contributed by atoms with Crippen LogP contribution >= 0.6 is 0 Å². The van der Waals surface area contributed by atoms with E-state index in [1.54, 1.807) is 26.0 Å². The third-order valence-corrected chi connectivity index (χ3v) is 4.68. The molecule has 25 heavy (non-hydrogen) atoms. The van der Waals surface area contributed by atoms with Gasteiger partial charge in [-0.25, -0.2) is 13.1 Å². The van der Waals surface area contributed by atoms with E-state index in [4.69, 9.17) is 4.42 Å². The SMILES string of the molecule is CC(C)C(=O)NNC(=O)c1ccc(S(=O)(=O)NCc2ccco2)cc1. The Hall–Kier alpha value is -2.65. The van der Waals surface area contributed by atoms with Gasteiger partial charge in [-0.3, -0.25) is 20.4 Å². The third kappa shape index (κ3) is 5.16. The largest absolute Gasteiger partial charge is 0.468 e. The highest BCUT2D eigenvalue weighted by atomic mass is 32.2. The molecule has 0 unspecified atom stereocenters. The van der Waals surface area contributed by atoms with Gasteiger partial charge in [-0.15, -0.1) is 0 Å². The summed E-state index contributed by atoms with van der Waals surface area (Å²) in [6, 6.07) is 8.65. The molecule has 3 N–H and O–H groups in total. The van der Waals surface area contributed by atoms with Gasteiger partial charge >= 0.3 is 0 Å². The number of carbonyl (C=O) groups is 2. The highest BCUT2D eigenvalue weighted by molar-refractivity contribution is 7.89. The Bertz CT molecular complexity index is 827. The number of hydrogen-bond donors (Lipinski definition) is 3. The Balaban J connectivity index is 1.98. The zero-order chi connectivity index (χ0) is 18.4.